The van der Waals surface area contributed by atoms with Crippen molar-refractivity contribution in [3.63, 3.8) is 0 Å². The van der Waals surface area contributed by atoms with Crippen LogP contribution in [0.5, 0.6) is 0 Å². The highest BCUT2D eigenvalue weighted by atomic mass is 32.2. The lowest BCUT2D eigenvalue weighted by Crippen LogP contribution is -2.22. The lowest BCUT2D eigenvalue weighted by Gasteiger charge is -2.29. The van der Waals surface area contributed by atoms with Crippen molar-refractivity contribution in [2.45, 2.75) is 36.1 Å². The molecule has 2 rings (SSSR count). The first-order valence-electron chi connectivity index (χ1n) is 6.12. The number of rotatable bonds is 5. The molecule has 1 fully saturated rings. The van der Waals surface area contributed by atoms with Crippen LogP contribution >= 0.6 is 23.5 Å². The van der Waals surface area contributed by atoms with Crippen molar-refractivity contribution in [3.05, 3.63) is 24.4 Å². The first kappa shape index (κ1) is 14.0. The molecule has 0 bridgehead atoms. The Bertz CT molecular complexity index is 396. The molecule has 0 aliphatic carbocycles. The smallest absolute Gasteiger partial charge is 0.240 e. The average Bonchev–Trinajstić information content (AvgIpc) is 2.82. The number of hydrogen-bond donors (Lipinski definition) is 1. The minimum Gasteiger partial charge on any atom is -0.338 e. The van der Waals surface area contributed by atoms with Crippen molar-refractivity contribution in [2.24, 2.45) is 0 Å². The molecule has 0 radical (unpaired) electrons. The fourth-order valence-electron chi connectivity index (χ4n) is 1.67. The summed E-state index contributed by atoms with van der Waals surface area (Å²) in [6.07, 6.45) is 1.81. The molecule has 1 aliphatic heterocycles. The summed E-state index contributed by atoms with van der Waals surface area (Å²) in [5.74, 6) is 2.56. The van der Waals surface area contributed by atoms with E-state index < -0.39 is 0 Å². The van der Waals surface area contributed by atoms with E-state index in [9.17, 15) is 0 Å². The fraction of sp³-hybridized carbons (Fsp3) is 0.667. The summed E-state index contributed by atoms with van der Waals surface area (Å²) >= 11 is 3.94. The minimum atomic E-state index is 0.359. The van der Waals surface area contributed by atoms with Crippen LogP contribution in [-0.4, -0.2) is 32.9 Å². The number of hydrogen-bond acceptors (Lipinski definition) is 6. The van der Waals surface area contributed by atoms with E-state index in [-0.39, 0.29) is 0 Å². The molecule has 1 saturated heterocycles. The van der Waals surface area contributed by atoms with Crippen molar-refractivity contribution >= 4 is 23.5 Å². The van der Waals surface area contributed by atoms with Crippen LogP contribution in [-0.2, 0) is 6.54 Å². The second-order valence-corrected chi connectivity index (χ2v) is 7.33. The van der Waals surface area contributed by atoms with Crippen molar-refractivity contribution in [3.8, 4) is 0 Å². The quantitative estimate of drug-likeness (QED) is 0.663. The van der Waals surface area contributed by atoms with Gasteiger partial charge in [-0.15, -0.1) is 18.3 Å². The molecule has 0 aromatic carbocycles. The van der Waals surface area contributed by atoms with Crippen LogP contribution < -0.4 is 5.32 Å². The predicted octanol–water partition coefficient (Wildman–Crippen LogP) is 2.64. The molecule has 100 valence electrons. The molecular formula is C12H19N3OS2. The van der Waals surface area contributed by atoms with Gasteiger partial charge in [-0.2, -0.15) is 16.7 Å². The molecule has 3 unspecified atom stereocenters. The molecule has 1 aromatic heterocycles. The molecule has 0 saturated carbocycles. The first-order chi connectivity index (χ1) is 8.70. The summed E-state index contributed by atoms with van der Waals surface area (Å²) in [7, 11) is 0. The van der Waals surface area contributed by atoms with Crippen molar-refractivity contribution in [2.75, 3.05) is 12.3 Å². The minimum absolute atomic E-state index is 0.359. The van der Waals surface area contributed by atoms with Gasteiger partial charge in [0.15, 0.2) is 5.82 Å². The van der Waals surface area contributed by atoms with Crippen LogP contribution in [0.1, 0.15) is 30.8 Å². The fourth-order valence-corrected chi connectivity index (χ4v) is 4.50. The van der Waals surface area contributed by atoms with Gasteiger partial charge in [0.2, 0.25) is 5.89 Å². The van der Waals surface area contributed by atoms with Crippen molar-refractivity contribution < 1.29 is 4.52 Å². The van der Waals surface area contributed by atoms with Crippen molar-refractivity contribution in [1.29, 1.82) is 0 Å². The molecule has 18 heavy (non-hydrogen) atoms. The van der Waals surface area contributed by atoms with E-state index in [4.69, 9.17) is 4.52 Å². The zero-order chi connectivity index (χ0) is 13.0. The maximum atomic E-state index is 5.25. The molecule has 2 heterocycles. The molecule has 1 aliphatic rings. The number of nitrogens with zero attached hydrogens (tertiary/aromatic N) is 2. The third kappa shape index (κ3) is 3.52. The highest BCUT2D eigenvalue weighted by molar-refractivity contribution is 8.07. The van der Waals surface area contributed by atoms with E-state index in [0.717, 1.165) is 18.1 Å². The zero-order valence-corrected chi connectivity index (χ0v) is 12.4. The van der Waals surface area contributed by atoms with Gasteiger partial charge in [0.1, 0.15) is 0 Å². The molecule has 4 nitrogen and oxygen atoms in total. The van der Waals surface area contributed by atoms with Gasteiger partial charge >= 0.3 is 0 Å². The Kier molecular flexibility index (Phi) is 5.14. The molecule has 0 amide bonds. The highest BCUT2D eigenvalue weighted by Crippen LogP contribution is 2.43. The van der Waals surface area contributed by atoms with E-state index in [0.29, 0.717) is 28.2 Å². The number of thioether (sulfide) groups is 2. The molecule has 3 atom stereocenters. The zero-order valence-electron chi connectivity index (χ0n) is 10.8. The first-order valence-corrected chi connectivity index (χ1v) is 8.11. The van der Waals surface area contributed by atoms with Gasteiger partial charge in [-0.3, -0.25) is 0 Å². The Morgan fingerprint density at radius 1 is 1.50 bits per heavy atom. The van der Waals surface area contributed by atoms with Gasteiger partial charge in [-0.25, -0.2) is 0 Å². The molecule has 1 N–H and O–H groups in total. The molecular weight excluding hydrogens is 266 g/mol. The Morgan fingerprint density at radius 2 is 2.33 bits per heavy atom. The Labute approximate surface area is 116 Å². The largest absolute Gasteiger partial charge is 0.338 e. The SMILES string of the molecule is C=CCNCc1nc(C2CSC(C)C(C)S2)no1. The van der Waals surface area contributed by atoms with Crippen LogP contribution in [0, 0.1) is 0 Å². The van der Waals surface area contributed by atoms with Gasteiger partial charge in [0.05, 0.1) is 11.8 Å². The summed E-state index contributed by atoms with van der Waals surface area (Å²) in [5.41, 5.74) is 0. The van der Waals surface area contributed by atoms with Crippen molar-refractivity contribution in [1.82, 2.24) is 15.5 Å². The Morgan fingerprint density at radius 3 is 3.06 bits per heavy atom. The van der Waals surface area contributed by atoms with Crippen LogP contribution in [0.4, 0.5) is 0 Å². The third-order valence-corrected chi connectivity index (χ3v) is 6.27. The van der Waals surface area contributed by atoms with Crippen LogP contribution in [0.2, 0.25) is 0 Å². The average molecular weight is 285 g/mol. The predicted molar refractivity (Wildman–Crippen MR) is 77.9 cm³/mol. The summed E-state index contributed by atoms with van der Waals surface area (Å²) in [5, 5.41) is 8.94. The lowest BCUT2D eigenvalue weighted by atomic mass is 10.3. The number of nitrogens with one attached hydrogen (secondary N) is 1. The van der Waals surface area contributed by atoms with Crippen LogP contribution in [0.3, 0.4) is 0 Å². The lowest BCUT2D eigenvalue weighted by molar-refractivity contribution is 0.365. The Balaban J connectivity index is 1.91. The van der Waals surface area contributed by atoms with E-state index >= 15 is 0 Å². The van der Waals surface area contributed by atoms with Gasteiger partial charge in [0.25, 0.3) is 0 Å². The van der Waals surface area contributed by atoms with E-state index in [2.05, 4.69) is 35.9 Å². The molecule has 0 spiro atoms. The summed E-state index contributed by atoms with van der Waals surface area (Å²) in [6, 6.07) is 0. The maximum absolute atomic E-state index is 5.25. The summed E-state index contributed by atoms with van der Waals surface area (Å²) in [6.45, 7) is 9.55. The second kappa shape index (κ2) is 6.63. The standard InChI is InChI=1S/C12H19N3OS2/c1-4-5-13-6-11-14-12(15-16-11)10-7-17-8(2)9(3)18-10/h4,8-10,13H,1,5-7H2,2-3H3. The summed E-state index contributed by atoms with van der Waals surface area (Å²) < 4.78 is 5.25. The Hall–Kier alpha value is -0.460. The second-order valence-electron chi connectivity index (χ2n) is 4.33. The third-order valence-electron chi connectivity index (χ3n) is 2.89. The normalized spacial score (nSPS) is 28.2. The molecule has 1 aromatic rings. The van der Waals surface area contributed by atoms with Gasteiger partial charge in [-0.1, -0.05) is 25.1 Å². The van der Waals surface area contributed by atoms with Gasteiger partial charge in [0, 0.05) is 22.8 Å². The maximum Gasteiger partial charge on any atom is 0.240 e. The van der Waals surface area contributed by atoms with E-state index in [1.54, 1.807) is 0 Å². The van der Waals surface area contributed by atoms with E-state index in [1.807, 2.05) is 29.6 Å². The summed E-state index contributed by atoms with van der Waals surface area (Å²) in [4.78, 5) is 4.46. The molecule has 6 heteroatoms. The van der Waals surface area contributed by atoms with Crippen LogP contribution in [0.25, 0.3) is 0 Å². The number of aromatic nitrogens is 2. The monoisotopic (exact) mass is 285 g/mol. The topological polar surface area (TPSA) is 51.0 Å². The van der Waals surface area contributed by atoms with Gasteiger partial charge in [-0.05, 0) is 0 Å². The van der Waals surface area contributed by atoms with Gasteiger partial charge < -0.3 is 9.84 Å². The van der Waals surface area contributed by atoms with Crippen LogP contribution in [0.15, 0.2) is 17.2 Å². The van der Waals surface area contributed by atoms with E-state index in [1.165, 1.54) is 0 Å². The highest BCUT2D eigenvalue weighted by Gasteiger charge is 2.29.